The first-order valence-corrected chi connectivity index (χ1v) is 12.8. The van der Waals surface area contributed by atoms with Crippen molar-refractivity contribution in [2.45, 2.75) is 44.3 Å². The number of rotatable bonds is 11. The zero-order valence-corrected chi connectivity index (χ0v) is 22.0. The highest BCUT2D eigenvalue weighted by atomic mass is 19.1. The molecule has 0 aromatic heterocycles. The third-order valence-electron chi connectivity index (χ3n) is 6.19. The summed E-state index contributed by atoms with van der Waals surface area (Å²) in [6, 6.07) is 18.7. The number of hydrazine groups is 1. The first-order valence-electron chi connectivity index (χ1n) is 12.8. The first kappa shape index (κ1) is 29.8. The lowest BCUT2D eigenvalue weighted by atomic mass is 9.99. The van der Waals surface area contributed by atoms with Crippen molar-refractivity contribution in [2.24, 2.45) is 11.5 Å². The fraction of sp³-hybridized carbons (Fsp3) is 0.241. The lowest BCUT2D eigenvalue weighted by Crippen LogP contribution is -2.58. The van der Waals surface area contributed by atoms with Gasteiger partial charge in [-0.25, -0.2) is 14.6 Å². The fourth-order valence-corrected chi connectivity index (χ4v) is 3.89. The third-order valence-corrected chi connectivity index (χ3v) is 6.19. The van der Waals surface area contributed by atoms with Gasteiger partial charge in [0.1, 0.15) is 17.9 Å². The summed E-state index contributed by atoms with van der Waals surface area (Å²) in [4.78, 5) is 49.9. The molecule has 0 heterocycles. The van der Waals surface area contributed by atoms with E-state index in [2.05, 4.69) is 21.5 Å². The second-order valence-corrected chi connectivity index (χ2v) is 9.22. The highest BCUT2D eigenvalue weighted by molar-refractivity contribution is 5.92. The van der Waals surface area contributed by atoms with Crippen LogP contribution < -0.4 is 33.0 Å². The SMILES string of the molecule is CC[C@H](N)C(=O)NNC(=O)N[C@@H](Cc1ccc(-c2ccccc2)cc1)C(=O)N[C@@H](Cc1cccc(F)c1)C(N)=O. The van der Waals surface area contributed by atoms with E-state index in [-0.39, 0.29) is 12.8 Å². The Hall–Kier alpha value is -4.77. The van der Waals surface area contributed by atoms with Crippen LogP contribution in [0.5, 0.6) is 0 Å². The number of hydrogen-bond acceptors (Lipinski definition) is 5. The normalized spacial score (nSPS) is 12.9. The van der Waals surface area contributed by atoms with Gasteiger partial charge in [0.25, 0.3) is 5.91 Å². The summed E-state index contributed by atoms with van der Waals surface area (Å²) in [5, 5.41) is 5.07. The molecule has 0 aliphatic heterocycles. The molecule has 3 aromatic carbocycles. The Morgan fingerprint density at radius 3 is 2.02 bits per heavy atom. The number of carbonyl (C=O) groups excluding carboxylic acids is 4. The fourth-order valence-electron chi connectivity index (χ4n) is 3.89. The van der Waals surface area contributed by atoms with Crippen molar-refractivity contribution in [3.05, 3.63) is 95.8 Å². The van der Waals surface area contributed by atoms with Gasteiger partial charge in [0.05, 0.1) is 6.04 Å². The quantitative estimate of drug-likeness (QED) is 0.200. The minimum Gasteiger partial charge on any atom is -0.368 e. The number of urea groups is 1. The Bertz CT molecular complexity index is 1320. The maximum absolute atomic E-state index is 13.6. The highest BCUT2D eigenvalue weighted by Gasteiger charge is 2.27. The molecule has 8 N–H and O–H groups in total. The summed E-state index contributed by atoms with van der Waals surface area (Å²) in [5.41, 5.74) is 18.7. The smallest absolute Gasteiger partial charge is 0.334 e. The van der Waals surface area contributed by atoms with Gasteiger partial charge in [0.2, 0.25) is 11.8 Å². The average molecular weight is 549 g/mol. The van der Waals surface area contributed by atoms with Crippen LogP contribution in [-0.2, 0) is 27.2 Å². The molecule has 3 rings (SSSR count). The monoisotopic (exact) mass is 548 g/mol. The van der Waals surface area contributed by atoms with Crippen LogP contribution in [-0.4, -0.2) is 41.9 Å². The van der Waals surface area contributed by atoms with E-state index in [0.29, 0.717) is 12.0 Å². The lowest BCUT2D eigenvalue weighted by molar-refractivity contribution is -0.128. The maximum Gasteiger partial charge on any atom is 0.334 e. The molecule has 0 unspecified atom stereocenters. The number of primary amides is 1. The van der Waals surface area contributed by atoms with Gasteiger partial charge in [0.15, 0.2) is 0 Å². The van der Waals surface area contributed by atoms with Crippen LogP contribution in [0, 0.1) is 5.82 Å². The molecule has 0 radical (unpaired) electrons. The van der Waals surface area contributed by atoms with Gasteiger partial charge in [-0.05, 0) is 40.8 Å². The minimum absolute atomic E-state index is 0.0471. The van der Waals surface area contributed by atoms with E-state index < -0.39 is 47.7 Å². The maximum atomic E-state index is 13.6. The van der Waals surface area contributed by atoms with Gasteiger partial charge in [-0.2, -0.15) is 0 Å². The molecule has 0 saturated heterocycles. The summed E-state index contributed by atoms with van der Waals surface area (Å²) in [6.07, 6.45) is 0.371. The molecular weight excluding hydrogens is 515 g/mol. The van der Waals surface area contributed by atoms with Crippen molar-refractivity contribution in [3.63, 3.8) is 0 Å². The number of carbonyl (C=O) groups is 4. The molecule has 210 valence electrons. The van der Waals surface area contributed by atoms with E-state index in [1.54, 1.807) is 13.0 Å². The van der Waals surface area contributed by atoms with Crippen molar-refractivity contribution >= 4 is 23.8 Å². The van der Waals surface area contributed by atoms with Gasteiger partial charge in [0, 0.05) is 12.8 Å². The van der Waals surface area contributed by atoms with E-state index >= 15 is 0 Å². The summed E-state index contributed by atoms with van der Waals surface area (Å²) in [6.45, 7) is 1.72. The van der Waals surface area contributed by atoms with Gasteiger partial charge in [-0.3, -0.25) is 19.8 Å². The molecule has 5 amide bonds. The molecule has 40 heavy (non-hydrogen) atoms. The van der Waals surface area contributed by atoms with Crippen LogP contribution in [0.4, 0.5) is 9.18 Å². The standard InChI is InChI=1S/C29H33FN6O4/c1-2-23(31)27(38)35-36-29(40)34-25(16-18-11-13-21(14-12-18)20-8-4-3-5-9-20)28(39)33-24(26(32)37)17-19-7-6-10-22(30)15-19/h3-15,23-25H,2,16-17,31H2,1H3,(H2,32,37)(H,33,39)(H,35,38)(H2,34,36,40)/t23-,24-,25-/m0/s1. The molecule has 0 bridgehead atoms. The Morgan fingerprint density at radius 2 is 1.40 bits per heavy atom. The van der Waals surface area contributed by atoms with Crippen molar-refractivity contribution in [2.75, 3.05) is 0 Å². The number of amides is 5. The molecule has 0 aliphatic rings. The van der Waals surface area contributed by atoms with Gasteiger partial charge in [-0.15, -0.1) is 0 Å². The molecule has 0 aliphatic carbocycles. The van der Waals surface area contributed by atoms with Gasteiger partial charge < -0.3 is 22.1 Å². The van der Waals surface area contributed by atoms with E-state index in [4.69, 9.17) is 11.5 Å². The zero-order valence-electron chi connectivity index (χ0n) is 22.0. The lowest BCUT2D eigenvalue weighted by Gasteiger charge is -2.23. The Labute approximate surface area is 231 Å². The topological polar surface area (TPSA) is 168 Å². The number of hydrogen-bond donors (Lipinski definition) is 6. The molecule has 0 saturated carbocycles. The van der Waals surface area contributed by atoms with Gasteiger partial charge in [-0.1, -0.05) is 73.7 Å². The first-order chi connectivity index (χ1) is 19.2. The predicted molar refractivity (Wildman–Crippen MR) is 149 cm³/mol. The van der Waals surface area contributed by atoms with Crippen LogP contribution in [0.2, 0.25) is 0 Å². The molecular formula is C29H33FN6O4. The second kappa shape index (κ2) is 14.4. The van der Waals surface area contributed by atoms with Crippen molar-refractivity contribution in [1.82, 2.24) is 21.5 Å². The number of halogens is 1. The Kier molecular flexibility index (Phi) is 10.7. The minimum atomic E-state index is -1.16. The molecule has 3 atom stereocenters. The summed E-state index contributed by atoms with van der Waals surface area (Å²) >= 11 is 0. The van der Waals surface area contributed by atoms with Crippen LogP contribution in [0.25, 0.3) is 11.1 Å². The van der Waals surface area contributed by atoms with Crippen molar-refractivity contribution in [3.8, 4) is 11.1 Å². The molecule has 10 nitrogen and oxygen atoms in total. The van der Waals surface area contributed by atoms with Crippen molar-refractivity contribution in [1.29, 1.82) is 0 Å². The largest absolute Gasteiger partial charge is 0.368 e. The predicted octanol–water partition coefficient (Wildman–Crippen LogP) is 1.68. The number of benzene rings is 3. The zero-order chi connectivity index (χ0) is 29.1. The summed E-state index contributed by atoms with van der Waals surface area (Å²) in [5.74, 6) is -2.61. The van der Waals surface area contributed by atoms with E-state index in [1.165, 1.54) is 18.2 Å². The summed E-state index contributed by atoms with van der Waals surface area (Å²) in [7, 11) is 0. The van der Waals surface area contributed by atoms with Crippen LogP contribution in [0.15, 0.2) is 78.9 Å². The molecule has 3 aromatic rings. The van der Waals surface area contributed by atoms with E-state index in [9.17, 15) is 23.6 Å². The summed E-state index contributed by atoms with van der Waals surface area (Å²) < 4.78 is 13.6. The van der Waals surface area contributed by atoms with Crippen molar-refractivity contribution < 1.29 is 23.6 Å². The molecule has 0 fully saturated rings. The van der Waals surface area contributed by atoms with Gasteiger partial charge >= 0.3 is 6.03 Å². The number of nitrogens with one attached hydrogen (secondary N) is 4. The second-order valence-electron chi connectivity index (χ2n) is 9.22. The Balaban J connectivity index is 1.76. The molecule has 11 heteroatoms. The van der Waals surface area contributed by atoms with Crippen LogP contribution in [0.3, 0.4) is 0 Å². The highest BCUT2D eigenvalue weighted by Crippen LogP contribution is 2.20. The number of nitrogens with two attached hydrogens (primary N) is 2. The molecule has 0 spiro atoms. The third kappa shape index (κ3) is 8.91. The van der Waals surface area contributed by atoms with E-state index in [0.717, 1.165) is 16.7 Å². The van der Waals surface area contributed by atoms with Crippen LogP contribution >= 0.6 is 0 Å². The Morgan fingerprint density at radius 1 is 0.750 bits per heavy atom. The average Bonchev–Trinajstić information content (AvgIpc) is 2.95. The van der Waals surface area contributed by atoms with Crippen LogP contribution in [0.1, 0.15) is 24.5 Å². The van der Waals surface area contributed by atoms with E-state index in [1.807, 2.05) is 54.6 Å².